The number of ether oxygens (including phenoxy) is 1. The van der Waals surface area contributed by atoms with Gasteiger partial charge in [-0.25, -0.2) is 5.26 Å². The maximum atomic E-state index is 12.1. The van der Waals surface area contributed by atoms with Crippen molar-refractivity contribution in [2.45, 2.75) is 19.6 Å². The van der Waals surface area contributed by atoms with E-state index in [1.807, 2.05) is 0 Å². The molecule has 0 atom stereocenters. The summed E-state index contributed by atoms with van der Waals surface area (Å²) in [6.07, 6.45) is 0. The Balaban J connectivity index is 0.00000720. The van der Waals surface area contributed by atoms with Gasteiger partial charge in [0.1, 0.15) is 39.1 Å². The molecule has 0 fully saturated rings. The van der Waals surface area contributed by atoms with Crippen LogP contribution >= 0.6 is 12.0 Å². The molecule has 0 heterocycles. The SMILES string of the molecule is COc1cc(N=Nc2c(SOOO)cc3ccc(Nc4cccc(S(=O)(=O)O)c4)cc3c2O)c(O)cc1N=Nc1ccc(N=Nc2ccccc2S(=O)(=O)O)c2ccc(S(=O)(=O)O)cc12.[Cu]. The molecular weight excluding hydrogens is 998 g/mol. The first-order chi connectivity index (χ1) is 30.8. The first kappa shape index (κ1) is 49.0. The second kappa shape index (κ2) is 20.0. The van der Waals surface area contributed by atoms with E-state index in [-0.39, 0.29) is 82.9 Å². The summed E-state index contributed by atoms with van der Waals surface area (Å²) in [4.78, 5) is -1.27. The molecule has 0 unspecified atom stereocenters. The van der Waals surface area contributed by atoms with E-state index in [4.69, 9.17) is 9.99 Å². The first-order valence-electron chi connectivity index (χ1n) is 17.9. The molecule has 22 nitrogen and oxygen atoms in total. The number of benzene rings is 7. The van der Waals surface area contributed by atoms with Crippen molar-refractivity contribution in [3.05, 3.63) is 115 Å². The van der Waals surface area contributed by atoms with Gasteiger partial charge in [0.2, 0.25) is 0 Å². The van der Waals surface area contributed by atoms with E-state index in [1.54, 1.807) is 18.2 Å². The summed E-state index contributed by atoms with van der Waals surface area (Å²) in [7, 11) is -12.6. The van der Waals surface area contributed by atoms with Crippen LogP contribution in [-0.4, -0.2) is 61.5 Å². The van der Waals surface area contributed by atoms with Crippen LogP contribution in [0.5, 0.6) is 17.2 Å². The maximum Gasteiger partial charge on any atom is 0.296 e. The monoisotopic (exact) mass is 1030 g/mol. The number of aromatic hydroxyl groups is 2. The Bertz CT molecular complexity index is 3470. The van der Waals surface area contributed by atoms with Gasteiger partial charge in [-0.3, -0.25) is 13.7 Å². The summed E-state index contributed by atoms with van der Waals surface area (Å²) in [6.45, 7) is 0. The first-order valence-corrected chi connectivity index (χ1v) is 23.0. The van der Waals surface area contributed by atoms with Crippen LogP contribution in [0.25, 0.3) is 21.5 Å². The Morgan fingerprint density at radius 2 is 1.20 bits per heavy atom. The number of phenolic OH excluding ortho intramolecular Hbond substituents is 2. The number of nitrogens with zero attached hydrogens (tertiary/aromatic N) is 6. The summed E-state index contributed by atoms with van der Waals surface area (Å²) in [5.74, 6) is -0.956. The molecule has 7 rings (SSSR count). The van der Waals surface area contributed by atoms with Crippen molar-refractivity contribution >= 4 is 109 Å². The van der Waals surface area contributed by atoms with Crippen molar-refractivity contribution in [3.63, 3.8) is 0 Å². The standard InChI is InChI=1S/C39H29N7O15S4.Cu/c1-59-35-20-32(44-46-38-36(62-61-60-49)15-21-9-10-23(17-27(21)39(38)48)40-22-5-4-6-24(16-22)63(50,51)52)34(47)19-33(35)45-42-30-14-13-29(26-12-11-25(18-28(26)30)64(53,54)55)41-43-31-7-2-3-8-37(31)65(56,57)58;/h2-20,40,47-49H,1H3,(H,50,51,52)(H,53,54,55)(H,56,57,58);. The molecule has 0 aliphatic heterocycles. The fourth-order valence-corrected chi connectivity index (χ4v) is 8.26. The zero-order chi connectivity index (χ0) is 46.7. The van der Waals surface area contributed by atoms with Gasteiger partial charge in [0.05, 0.1) is 45.2 Å². The quantitative estimate of drug-likeness (QED) is 0.0125. The van der Waals surface area contributed by atoms with E-state index < -0.39 is 51.6 Å². The Kier molecular flexibility index (Phi) is 14.8. The van der Waals surface area contributed by atoms with E-state index in [2.05, 4.69) is 45.4 Å². The van der Waals surface area contributed by atoms with E-state index in [1.165, 1.54) is 79.9 Å². The average Bonchev–Trinajstić information content (AvgIpc) is 3.26. The van der Waals surface area contributed by atoms with Crippen LogP contribution in [0.2, 0.25) is 0 Å². The Hall–Kier alpha value is -6.46. The van der Waals surface area contributed by atoms with Crippen molar-refractivity contribution in [2.75, 3.05) is 12.4 Å². The van der Waals surface area contributed by atoms with E-state index >= 15 is 0 Å². The number of rotatable bonds is 15. The molecule has 0 bridgehead atoms. The van der Waals surface area contributed by atoms with Gasteiger partial charge in [-0.2, -0.15) is 25.3 Å². The molecule has 0 aliphatic rings. The molecule has 7 aromatic rings. The number of anilines is 2. The van der Waals surface area contributed by atoms with Gasteiger partial charge in [-0.1, -0.05) is 35.4 Å². The number of hydrogen-bond acceptors (Lipinski definition) is 20. The van der Waals surface area contributed by atoms with E-state index in [0.717, 1.165) is 24.3 Å². The molecule has 1 radical (unpaired) electrons. The molecule has 7 N–H and O–H groups in total. The number of azo groups is 3. The third-order valence-corrected chi connectivity index (χ3v) is 12.3. The largest absolute Gasteiger partial charge is 0.506 e. The van der Waals surface area contributed by atoms with Gasteiger partial charge in [0, 0.05) is 56.7 Å². The van der Waals surface area contributed by atoms with Crippen LogP contribution in [0.3, 0.4) is 0 Å². The smallest absolute Gasteiger partial charge is 0.296 e. The van der Waals surface area contributed by atoms with Crippen molar-refractivity contribution in [2.24, 2.45) is 30.7 Å². The zero-order valence-electron chi connectivity index (χ0n) is 32.9. The van der Waals surface area contributed by atoms with Gasteiger partial charge >= 0.3 is 0 Å². The van der Waals surface area contributed by atoms with Crippen molar-refractivity contribution in [1.82, 2.24) is 0 Å². The van der Waals surface area contributed by atoms with Crippen LogP contribution in [0.4, 0.5) is 45.5 Å². The molecule has 66 heavy (non-hydrogen) atoms. The summed E-state index contributed by atoms with van der Waals surface area (Å²) in [5.41, 5.74) is 0.159. The van der Waals surface area contributed by atoms with Crippen molar-refractivity contribution < 1.29 is 85.6 Å². The number of fused-ring (bicyclic) bond motifs is 2. The van der Waals surface area contributed by atoms with Gasteiger partial charge in [-0.05, 0) is 78.2 Å². The predicted molar refractivity (Wildman–Crippen MR) is 233 cm³/mol. The second-order valence-corrected chi connectivity index (χ2v) is 18.2. The van der Waals surface area contributed by atoms with Gasteiger partial charge in [0.25, 0.3) is 30.4 Å². The van der Waals surface area contributed by atoms with Gasteiger partial charge in [-0.15, -0.1) is 35.0 Å². The summed E-state index contributed by atoms with van der Waals surface area (Å²) < 4.78 is 110. The minimum atomic E-state index is -4.72. The number of phenols is 2. The molecular formula is C39H29CuN7O15S4. The molecule has 0 aliphatic carbocycles. The molecule has 0 saturated heterocycles. The third-order valence-electron chi connectivity index (χ3n) is 9.08. The Morgan fingerprint density at radius 3 is 1.88 bits per heavy atom. The zero-order valence-corrected chi connectivity index (χ0v) is 37.2. The minimum Gasteiger partial charge on any atom is -0.506 e. The van der Waals surface area contributed by atoms with Crippen LogP contribution < -0.4 is 10.1 Å². The molecule has 0 spiro atoms. The van der Waals surface area contributed by atoms with Crippen LogP contribution in [0.1, 0.15) is 0 Å². The summed E-state index contributed by atoms with van der Waals surface area (Å²) in [6, 6.07) is 25.5. The molecule has 0 amide bonds. The van der Waals surface area contributed by atoms with Crippen molar-refractivity contribution in [3.8, 4) is 17.2 Å². The second-order valence-electron chi connectivity index (χ2n) is 13.2. The average molecular weight is 1030 g/mol. The molecule has 0 saturated carbocycles. The fourth-order valence-electron chi connectivity index (χ4n) is 6.11. The van der Waals surface area contributed by atoms with Crippen molar-refractivity contribution in [1.29, 1.82) is 0 Å². The van der Waals surface area contributed by atoms with Crippen LogP contribution in [0.15, 0.2) is 166 Å². The Morgan fingerprint density at radius 1 is 0.561 bits per heavy atom. The maximum absolute atomic E-state index is 12.1. The summed E-state index contributed by atoms with van der Waals surface area (Å²) >= 11 is 0.461. The third kappa shape index (κ3) is 11.1. The minimum absolute atomic E-state index is 0. The van der Waals surface area contributed by atoms with Crippen LogP contribution in [0, 0.1) is 0 Å². The van der Waals surface area contributed by atoms with E-state index in [0.29, 0.717) is 28.8 Å². The summed E-state index contributed by atoms with van der Waals surface area (Å²) in [5, 5.41) is 63.8. The van der Waals surface area contributed by atoms with E-state index in [9.17, 15) is 49.1 Å². The topological polar surface area (TPSA) is 338 Å². The fraction of sp³-hybridized carbons (Fsp3) is 0.0256. The normalized spacial score (nSPS) is 12.4. The molecule has 7 aromatic carbocycles. The molecule has 27 heteroatoms. The van der Waals surface area contributed by atoms with Gasteiger partial charge < -0.3 is 20.3 Å². The predicted octanol–water partition coefficient (Wildman–Crippen LogP) is 10.6. The number of methoxy groups -OCH3 is 1. The number of nitrogens with one attached hydrogen (secondary N) is 1. The van der Waals surface area contributed by atoms with Gasteiger partial charge in [0.15, 0.2) is 5.75 Å². The molecule has 0 aromatic heterocycles. The van der Waals surface area contributed by atoms with Crippen LogP contribution in [-0.2, 0) is 56.8 Å². The Labute approximate surface area is 388 Å². The molecule has 345 valence electrons. The number of hydrogen-bond donors (Lipinski definition) is 7.